The highest BCUT2D eigenvalue weighted by Crippen LogP contribution is 2.53. The summed E-state index contributed by atoms with van der Waals surface area (Å²) in [6.45, 7) is 0. The van der Waals surface area contributed by atoms with Gasteiger partial charge in [0.2, 0.25) is 0 Å². The van der Waals surface area contributed by atoms with Gasteiger partial charge < -0.3 is 9.32 Å². The fraction of sp³-hybridized carbons (Fsp3) is 0. The van der Waals surface area contributed by atoms with Crippen LogP contribution in [0, 0.1) is 0 Å². The molecule has 0 fully saturated rings. The van der Waals surface area contributed by atoms with E-state index in [2.05, 4.69) is 143 Å². The number of aromatic nitrogens is 1. The molecule has 212 valence electrons. The van der Waals surface area contributed by atoms with Crippen molar-refractivity contribution in [1.82, 2.24) is 4.98 Å². The van der Waals surface area contributed by atoms with E-state index >= 15 is 0 Å². The molecule has 0 aliphatic carbocycles. The van der Waals surface area contributed by atoms with Crippen LogP contribution in [-0.4, -0.2) is 4.98 Å². The van der Waals surface area contributed by atoms with E-state index in [-0.39, 0.29) is 0 Å². The van der Waals surface area contributed by atoms with Crippen LogP contribution in [0.2, 0.25) is 0 Å². The second-order valence-electron chi connectivity index (χ2n) is 11.2. The van der Waals surface area contributed by atoms with Gasteiger partial charge in [-0.05, 0) is 71.3 Å². The molecule has 3 heterocycles. The lowest BCUT2D eigenvalue weighted by molar-refractivity contribution is 0.670. The molecule has 1 aliphatic rings. The number of fused-ring (bicyclic) bond motifs is 5. The first-order valence-corrected chi connectivity index (χ1v) is 15.1. The molecule has 0 saturated heterocycles. The number of benzene rings is 6. The highest BCUT2D eigenvalue weighted by molar-refractivity contribution is 6.09. The standard InChI is InChI=1S/C41H27N3O/c1-2-10-31(11-3-1)43-36-15-5-6-16-37(36)44(41-38(43)17-9-27-42-41)32-25-23-29(24-26-32)28-19-21-30(22-20-28)33-13-8-14-35-34-12-4-7-18-39(34)45-40(33)35/h1-27H. The Morgan fingerprint density at radius 2 is 1.02 bits per heavy atom. The average Bonchev–Trinajstić information content (AvgIpc) is 3.50. The molecule has 8 aromatic rings. The summed E-state index contributed by atoms with van der Waals surface area (Å²) < 4.78 is 6.29. The summed E-state index contributed by atoms with van der Waals surface area (Å²) in [4.78, 5) is 9.43. The van der Waals surface area contributed by atoms with Crippen LogP contribution < -0.4 is 9.80 Å². The molecule has 0 N–H and O–H groups in total. The van der Waals surface area contributed by atoms with E-state index in [1.807, 2.05) is 30.5 Å². The predicted octanol–water partition coefficient (Wildman–Crippen LogP) is 11.6. The minimum absolute atomic E-state index is 0.900. The van der Waals surface area contributed by atoms with Crippen molar-refractivity contribution in [1.29, 1.82) is 0 Å². The molecule has 9 rings (SSSR count). The van der Waals surface area contributed by atoms with Gasteiger partial charge in [0.05, 0.1) is 17.1 Å². The van der Waals surface area contributed by atoms with Crippen molar-refractivity contribution in [2.24, 2.45) is 0 Å². The van der Waals surface area contributed by atoms with E-state index in [1.165, 1.54) is 0 Å². The Kier molecular flexibility index (Phi) is 5.78. The van der Waals surface area contributed by atoms with Gasteiger partial charge in [-0.15, -0.1) is 0 Å². The van der Waals surface area contributed by atoms with Gasteiger partial charge in [0.25, 0.3) is 0 Å². The largest absolute Gasteiger partial charge is 0.455 e. The maximum atomic E-state index is 6.29. The normalized spacial score (nSPS) is 12.4. The molecule has 0 amide bonds. The average molecular weight is 578 g/mol. The lowest BCUT2D eigenvalue weighted by Crippen LogP contribution is -2.24. The summed E-state index contributed by atoms with van der Waals surface area (Å²) >= 11 is 0. The van der Waals surface area contributed by atoms with Gasteiger partial charge in [0.1, 0.15) is 11.2 Å². The van der Waals surface area contributed by atoms with Crippen LogP contribution in [0.1, 0.15) is 0 Å². The van der Waals surface area contributed by atoms with Gasteiger partial charge >= 0.3 is 0 Å². The van der Waals surface area contributed by atoms with Crippen molar-refractivity contribution >= 4 is 56.2 Å². The molecule has 2 aromatic heterocycles. The Labute approximate surface area is 261 Å². The second kappa shape index (κ2) is 10.2. The minimum Gasteiger partial charge on any atom is -0.455 e. The van der Waals surface area contributed by atoms with Gasteiger partial charge in [0, 0.05) is 33.9 Å². The Bertz CT molecular complexity index is 2280. The zero-order valence-electron chi connectivity index (χ0n) is 24.3. The molecule has 0 spiro atoms. The smallest absolute Gasteiger partial charge is 0.162 e. The van der Waals surface area contributed by atoms with Crippen molar-refractivity contribution in [3.8, 4) is 22.3 Å². The van der Waals surface area contributed by atoms with Crippen molar-refractivity contribution in [3.63, 3.8) is 0 Å². The Morgan fingerprint density at radius 1 is 0.422 bits per heavy atom. The van der Waals surface area contributed by atoms with E-state index in [0.717, 1.165) is 78.4 Å². The van der Waals surface area contributed by atoms with Crippen LogP contribution in [0.3, 0.4) is 0 Å². The molecule has 0 unspecified atom stereocenters. The fourth-order valence-corrected chi connectivity index (χ4v) is 6.56. The van der Waals surface area contributed by atoms with E-state index < -0.39 is 0 Å². The van der Waals surface area contributed by atoms with Gasteiger partial charge in [0.15, 0.2) is 5.82 Å². The first kappa shape index (κ1) is 25.4. The second-order valence-corrected chi connectivity index (χ2v) is 11.2. The predicted molar refractivity (Wildman–Crippen MR) is 185 cm³/mol. The van der Waals surface area contributed by atoms with Crippen molar-refractivity contribution in [2.45, 2.75) is 0 Å². The summed E-state index contributed by atoms with van der Waals surface area (Å²) in [5.74, 6) is 0.900. The zero-order chi connectivity index (χ0) is 29.7. The SMILES string of the molecule is c1ccc(N2c3ccccc3N(c3ccc(-c4ccc(-c5cccc6c5oc5ccccc56)cc4)cc3)c3ncccc32)cc1. The summed E-state index contributed by atoms with van der Waals surface area (Å²) in [7, 11) is 0. The lowest BCUT2D eigenvalue weighted by Gasteiger charge is -2.39. The molecular formula is C41H27N3O. The highest BCUT2D eigenvalue weighted by Gasteiger charge is 2.31. The van der Waals surface area contributed by atoms with Crippen molar-refractivity contribution in [3.05, 3.63) is 164 Å². The third-order valence-corrected chi connectivity index (χ3v) is 8.66. The third-order valence-electron chi connectivity index (χ3n) is 8.66. The molecule has 45 heavy (non-hydrogen) atoms. The van der Waals surface area contributed by atoms with E-state index in [9.17, 15) is 0 Å². The number of pyridine rings is 1. The topological polar surface area (TPSA) is 32.5 Å². The van der Waals surface area contributed by atoms with E-state index in [1.54, 1.807) is 0 Å². The van der Waals surface area contributed by atoms with Gasteiger partial charge in [-0.2, -0.15) is 0 Å². The van der Waals surface area contributed by atoms with Crippen LogP contribution in [0.5, 0.6) is 0 Å². The molecule has 0 atom stereocenters. The number of nitrogens with zero attached hydrogens (tertiary/aromatic N) is 3. The van der Waals surface area contributed by atoms with Crippen LogP contribution in [0.4, 0.5) is 34.3 Å². The highest BCUT2D eigenvalue weighted by atomic mass is 16.3. The van der Waals surface area contributed by atoms with Gasteiger partial charge in [-0.3, -0.25) is 4.90 Å². The maximum absolute atomic E-state index is 6.29. The van der Waals surface area contributed by atoms with E-state index in [4.69, 9.17) is 9.40 Å². The van der Waals surface area contributed by atoms with Gasteiger partial charge in [-0.1, -0.05) is 103 Å². The number of rotatable bonds is 4. The first-order valence-electron chi connectivity index (χ1n) is 15.1. The van der Waals surface area contributed by atoms with Crippen LogP contribution in [0.15, 0.2) is 168 Å². The number of hydrogen-bond donors (Lipinski definition) is 0. The number of hydrogen-bond acceptors (Lipinski definition) is 4. The van der Waals surface area contributed by atoms with E-state index in [0.29, 0.717) is 0 Å². The Hall–Kier alpha value is -6.13. The Balaban J connectivity index is 1.07. The Morgan fingerprint density at radius 3 is 1.82 bits per heavy atom. The molecule has 6 aromatic carbocycles. The monoisotopic (exact) mass is 577 g/mol. The minimum atomic E-state index is 0.900. The number of furan rings is 1. The van der Waals surface area contributed by atoms with Crippen molar-refractivity contribution < 1.29 is 4.42 Å². The molecule has 0 bridgehead atoms. The maximum Gasteiger partial charge on any atom is 0.162 e. The van der Waals surface area contributed by atoms with Crippen LogP contribution >= 0.6 is 0 Å². The van der Waals surface area contributed by atoms with Crippen molar-refractivity contribution in [2.75, 3.05) is 9.80 Å². The number of para-hydroxylation sites is 5. The zero-order valence-corrected chi connectivity index (χ0v) is 24.3. The summed E-state index contributed by atoms with van der Waals surface area (Å²) in [5, 5.41) is 2.29. The van der Waals surface area contributed by atoms with Gasteiger partial charge in [-0.25, -0.2) is 4.98 Å². The molecule has 4 nitrogen and oxygen atoms in total. The fourth-order valence-electron chi connectivity index (χ4n) is 6.56. The molecule has 0 radical (unpaired) electrons. The van der Waals surface area contributed by atoms with Crippen LogP contribution in [0.25, 0.3) is 44.2 Å². The molecule has 0 saturated carbocycles. The quantitative estimate of drug-likeness (QED) is 0.208. The summed E-state index contributed by atoms with van der Waals surface area (Å²) in [6, 6.07) is 55.2. The van der Waals surface area contributed by atoms with Crippen LogP contribution in [-0.2, 0) is 0 Å². The summed E-state index contributed by atoms with van der Waals surface area (Å²) in [6.07, 6.45) is 1.87. The summed E-state index contributed by atoms with van der Waals surface area (Å²) in [5.41, 5.74) is 11.8. The molecule has 1 aliphatic heterocycles. The lowest BCUT2D eigenvalue weighted by atomic mass is 9.98. The molecular weight excluding hydrogens is 550 g/mol. The third kappa shape index (κ3) is 4.11. The first-order chi connectivity index (χ1) is 22.3. The number of anilines is 6. The molecule has 4 heteroatoms.